The Morgan fingerprint density at radius 1 is 1.62 bits per heavy atom. The van der Waals surface area contributed by atoms with Gasteiger partial charge in [-0.15, -0.1) is 0 Å². The highest BCUT2D eigenvalue weighted by molar-refractivity contribution is 5.49. The van der Waals surface area contributed by atoms with Crippen molar-refractivity contribution in [3.05, 3.63) is 16.7 Å². The maximum Gasteiger partial charge on any atom is 0.295 e. The van der Waals surface area contributed by atoms with Crippen molar-refractivity contribution in [1.29, 1.82) is 0 Å². The lowest BCUT2D eigenvalue weighted by molar-refractivity contribution is 0.405. The molecule has 5 heteroatoms. The number of anilines is 1. The third-order valence-corrected chi connectivity index (χ3v) is 2.64. The van der Waals surface area contributed by atoms with Crippen LogP contribution >= 0.6 is 0 Å². The summed E-state index contributed by atoms with van der Waals surface area (Å²) in [6.45, 7) is 5.15. The summed E-state index contributed by atoms with van der Waals surface area (Å²) in [6, 6.07) is 0. The van der Waals surface area contributed by atoms with E-state index in [9.17, 15) is 4.79 Å². The summed E-state index contributed by atoms with van der Waals surface area (Å²) >= 11 is 0. The fraction of sp³-hybridized carbons (Fsp3) is 0.636. The molecular formula is C11H19N3O2. The van der Waals surface area contributed by atoms with Gasteiger partial charge in [0.05, 0.1) is 13.4 Å². The molecule has 0 aliphatic carbocycles. The first-order valence-corrected chi connectivity index (χ1v) is 5.42. The number of aromatic amines is 1. The molecule has 0 saturated carbocycles. The average Bonchev–Trinajstić information content (AvgIpc) is 2.28. The van der Waals surface area contributed by atoms with Gasteiger partial charge in [-0.2, -0.15) is 0 Å². The molecule has 0 saturated heterocycles. The number of nitrogens with zero attached hydrogens (tertiary/aromatic N) is 2. The van der Waals surface area contributed by atoms with Crippen LogP contribution in [-0.4, -0.2) is 30.7 Å². The van der Waals surface area contributed by atoms with Gasteiger partial charge < -0.3 is 14.6 Å². The van der Waals surface area contributed by atoms with Gasteiger partial charge in [-0.05, 0) is 5.92 Å². The first-order valence-electron chi connectivity index (χ1n) is 5.42. The third-order valence-electron chi connectivity index (χ3n) is 2.64. The van der Waals surface area contributed by atoms with E-state index in [4.69, 9.17) is 4.74 Å². The molecule has 0 bridgehead atoms. The normalized spacial score (nSPS) is 12.2. The van der Waals surface area contributed by atoms with Gasteiger partial charge in [-0.3, -0.25) is 4.79 Å². The topological polar surface area (TPSA) is 58.2 Å². The Morgan fingerprint density at radius 3 is 2.88 bits per heavy atom. The highest BCUT2D eigenvalue weighted by atomic mass is 16.5. The SMILES string of the molecule is CCC(C)CN(C)c1nc[nH]c(=O)c1OC. The van der Waals surface area contributed by atoms with E-state index < -0.39 is 0 Å². The number of methoxy groups -OCH3 is 1. The Labute approximate surface area is 95.5 Å². The van der Waals surface area contributed by atoms with E-state index in [0.29, 0.717) is 11.7 Å². The molecule has 0 fully saturated rings. The number of aromatic nitrogens is 2. The van der Waals surface area contributed by atoms with Gasteiger partial charge in [0, 0.05) is 13.6 Å². The minimum Gasteiger partial charge on any atom is -0.489 e. The van der Waals surface area contributed by atoms with Gasteiger partial charge in [0.2, 0.25) is 5.75 Å². The van der Waals surface area contributed by atoms with Crippen LogP contribution < -0.4 is 15.2 Å². The summed E-state index contributed by atoms with van der Waals surface area (Å²) < 4.78 is 5.06. The van der Waals surface area contributed by atoms with Crippen LogP contribution in [0.5, 0.6) is 5.75 Å². The first-order chi connectivity index (χ1) is 7.60. The van der Waals surface area contributed by atoms with Gasteiger partial charge in [0.1, 0.15) is 0 Å². The number of ether oxygens (including phenoxy) is 1. The maximum absolute atomic E-state index is 11.5. The molecule has 1 atom stereocenters. The van der Waals surface area contributed by atoms with Crippen LogP contribution in [0.25, 0.3) is 0 Å². The van der Waals surface area contributed by atoms with Crippen LogP contribution in [0, 0.1) is 5.92 Å². The molecule has 0 radical (unpaired) electrons. The van der Waals surface area contributed by atoms with Crippen molar-refractivity contribution < 1.29 is 4.74 Å². The number of nitrogens with one attached hydrogen (secondary N) is 1. The number of hydrogen-bond acceptors (Lipinski definition) is 4. The Balaban J connectivity index is 2.94. The summed E-state index contributed by atoms with van der Waals surface area (Å²) in [7, 11) is 3.39. The Morgan fingerprint density at radius 2 is 2.31 bits per heavy atom. The molecule has 90 valence electrons. The van der Waals surface area contributed by atoms with E-state index in [1.807, 2.05) is 11.9 Å². The number of H-pyrrole nitrogens is 1. The highest BCUT2D eigenvalue weighted by Crippen LogP contribution is 2.20. The predicted octanol–water partition coefficient (Wildman–Crippen LogP) is 1.26. The Bertz CT molecular complexity index is 389. The van der Waals surface area contributed by atoms with E-state index in [0.717, 1.165) is 13.0 Å². The minimum absolute atomic E-state index is 0.247. The fourth-order valence-electron chi connectivity index (χ4n) is 1.52. The highest BCUT2D eigenvalue weighted by Gasteiger charge is 2.14. The van der Waals surface area contributed by atoms with Crippen molar-refractivity contribution in [3.63, 3.8) is 0 Å². The standard InChI is InChI=1S/C11H19N3O2/c1-5-8(2)6-14(3)10-9(16-4)11(15)13-7-12-10/h7-8H,5-6H2,1-4H3,(H,12,13,15). The lowest BCUT2D eigenvalue weighted by Gasteiger charge is -2.22. The van der Waals surface area contributed by atoms with E-state index >= 15 is 0 Å². The molecule has 0 spiro atoms. The summed E-state index contributed by atoms with van der Waals surface area (Å²) in [4.78, 5) is 20.1. The van der Waals surface area contributed by atoms with Gasteiger partial charge in [-0.1, -0.05) is 20.3 Å². The van der Waals surface area contributed by atoms with E-state index in [2.05, 4.69) is 23.8 Å². The number of hydrogen-bond donors (Lipinski definition) is 1. The lowest BCUT2D eigenvalue weighted by Crippen LogP contribution is -2.27. The van der Waals surface area contributed by atoms with Gasteiger partial charge in [0.25, 0.3) is 5.56 Å². The van der Waals surface area contributed by atoms with Crippen molar-refractivity contribution >= 4 is 5.82 Å². The molecule has 1 rings (SSSR count). The van der Waals surface area contributed by atoms with Crippen molar-refractivity contribution in [1.82, 2.24) is 9.97 Å². The summed E-state index contributed by atoms with van der Waals surface area (Å²) in [5.41, 5.74) is -0.247. The van der Waals surface area contributed by atoms with Crippen LogP contribution in [0.1, 0.15) is 20.3 Å². The van der Waals surface area contributed by atoms with Crippen LogP contribution in [-0.2, 0) is 0 Å². The fourth-order valence-corrected chi connectivity index (χ4v) is 1.52. The molecular weight excluding hydrogens is 206 g/mol. The summed E-state index contributed by atoms with van der Waals surface area (Å²) in [5.74, 6) is 1.41. The van der Waals surface area contributed by atoms with E-state index in [1.165, 1.54) is 13.4 Å². The molecule has 1 aromatic heterocycles. The summed E-state index contributed by atoms with van der Waals surface area (Å²) in [5, 5.41) is 0. The zero-order valence-corrected chi connectivity index (χ0v) is 10.3. The lowest BCUT2D eigenvalue weighted by atomic mass is 10.1. The molecule has 0 aromatic carbocycles. The predicted molar refractivity (Wildman–Crippen MR) is 64.1 cm³/mol. The molecule has 5 nitrogen and oxygen atoms in total. The Kier molecular flexibility index (Phi) is 4.34. The first kappa shape index (κ1) is 12.5. The van der Waals surface area contributed by atoms with Crippen LogP contribution in [0.2, 0.25) is 0 Å². The second-order valence-corrected chi connectivity index (χ2v) is 3.98. The van der Waals surface area contributed by atoms with E-state index in [1.54, 1.807) is 0 Å². The molecule has 0 aliphatic rings. The smallest absolute Gasteiger partial charge is 0.295 e. The average molecular weight is 225 g/mol. The molecule has 0 amide bonds. The van der Waals surface area contributed by atoms with Crippen LogP contribution in [0.3, 0.4) is 0 Å². The maximum atomic E-state index is 11.5. The van der Waals surface area contributed by atoms with E-state index in [-0.39, 0.29) is 11.3 Å². The van der Waals surface area contributed by atoms with Gasteiger partial charge in [-0.25, -0.2) is 4.98 Å². The second kappa shape index (κ2) is 5.53. The molecule has 1 N–H and O–H groups in total. The van der Waals surface area contributed by atoms with Crippen molar-refractivity contribution in [2.75, 3.05) is 25.6 Å². The van der Waals surface area contributed by atoms with Crippen molar-refractivity contribution in [2.24, 2.45) is 5.92 Å². The molecule has 1 unspecified atom stereocenters. The minimum atomic E-state index is -0.247. The van der Waals surface area contributed by atoms with Crippen LogP contribution in [0.15, 0.2) is 11.1 Å². The monoisotopic (exact) mass is 225 g/mol. The van der Waals surface area contributed by atoms with Gasteiger partial charge in [0.15, 0.2) is 5.82 Å². The third kappa shape index (κ3) is 2.74. The second-order valence-electron chi connectivity index (χ2n) is 3.98. The molecule has 16 heavy (non-hydrogen) atoms. The Hall–Kier alpha value is -1.52. The van der Waals surface area contributed by atoms with Crippen molar-refractivity contribution in [2.45, 2.75) is 20.3 Å². The zero-order valence-electron chi connectivity index (χ0n) is 10.3. The molecule has 0 aliphatic heterocycles. The van der Waals surface area contributed by atoms with Gasteiger partial charge >= 0.3 is 0 Å². The van der Waals surface area contributed by atoms with Crippen molar-refractivity contribution in [3.8, 4) is 5.75 Å². The molecule has 1 aromatic rings. The number of rotatable bonds is 5. The summed E-state index contributed by atoms with van der Waals surface area (Å²) in [6.07, 6.45) is 2.49. The zero-order chi connectivity index (χ0) is 12.1. The van der Waals surface area contributed by atoms with Crippen LogP contribution in [0.4, 0.5) is 5.82 Å². The largest absolute Gasteiger partial charge is 0.489 e. The quantitative estimate of drug-likeness (QED) is 0.819. The molecule has 1 heterocycles.